The highest BCUT2D eigenvalue weighted by atomic mass is 35.5. The Labute approximate surface area is 194 Å². The van der Waals surface area contributed by atoms with Gasteiger partial charge in [0.15, 0.2) is 11.5 Å². The van der Waals surface area contributed by atoms with E-state index in [1.807, 2.05) is 13.8 Å². The molecule has 0 spiro atoms. The second kappa shape index (κ2) is 11.3. The van der Waals surface area contributed by atoms with Crippen LogP contribution >= 0.6 is 11.6 Å². The molecule has 0 atom stereocenters. The maximum atomic E-state index is 13.7. The first kappa shape index (κ1) is 25.6. The number of nitrogens with one attached hydrogen (secondary N) is 1. The maximum absolute atomic E-state index is 13.7. The van der Waals surface area contributed by atoms with Crippen molar-refractivity contribution in [1.82, 2.24) is 5.32 Å². The van der Waals surface area contributed by atoms with Crippen LogP contribution in [0.4, 0.5) is 5.69 Å². The fraction of sp³-hybridized carbons (Fsp3) is 0.409. The van der Waals surface area contributed by atoms with Gasteiger partial charge >= 0.3 is 0 Å². The Hall–Kier alpha value is -2.65. The number of methoxy groups -OCH3 is 3. The van der Waals surface area contributed by atoms with E-state index in [2.05, 4.69) is 5.32 Å². The lowest BCUT2D eigenvalue weighted by Gasteiger charge is -2.27. The smallest absolute Gasteiger partial charge is 0.265 e. The van der Waals surface area contributed by atoms with Gasteiger partial charge in [-0.15, -0.1) is 0 Å². The van der Waals surface area contributed by atoms with Gasteiger partial charge in [0.25, 0.3) is 10.0 Å². The van der Waals surface area contributed by atoms with Crippen LogP contribution in [0.3, 0.4) is 0 Å². The number of sulfonamides is 1. The van der Waals surface area contributed by atoms with Crippen molar-refractivity contribution in [3.8, 4) is 17.2 Å². The number of nitrogens with zero attached hydrogens (tertiary/aromatic N) is 1. The van der Waals surface area contributed by atoms with Crippen LogP contribution in [-0.4, -0.2) is 48.2 Å². The summed E-state index contributed by atoms with van der Waals surface area (Å²) in [5.41, 5.74) is 0.148. The van der Waals surface area contributed by atoms with Gasteiger partial charge in [-0.05, 0) is 43.2 Å². The SMILES string of the molecule is CCC(CC)NC(=O)CN(c1cc(Cl)ccc1OC)S(=O)(=O)c1ccc(OC)c(OC)c1. The molecule has 1 N–H and O–H groups in total. The maximum Gasteiger partial charge on any atom is 0.265 e. The monoisotopic (exact) mass is 484 g/mol. The van der Waals surface area contributed by atoms with Gasteiger partial charge in [0.1, 0.15) is 12.3 Å². The van der Waals surface area contributed by atoms with Crippen molar-refractivity contribution in [3.63, 3.8) is 0 Å². The van der Waals surface area contributed by atoms with Crippen LogP contribution in [0.5, 0.6) is 17.2 Å². The number of hydrogen-bond donors (Lipinski definition) is 1. The number of rotatable bonds is 11. The first-order valence-electron chi connectivity index (χ1n) is 10.1. The molecule has 0 saturated heterocycles. The third kappa shape index (κ3) is 5.77. The summed E-state index contributed by atoms with van der Waals surface area (Å²) < 4.78 is 44.2. The van der Waals surface area contributed by atoms with Crippen molar-refractivity contribution in [2.45, 2.75) is 37.6 Å². The molecule has 0 unspecified atom stereocenters. The average molecular weight is 485 g/mol. The van der Waals surface area contributed by atoms with Crippen LogP contribution in [0.15, 0.2) is 41.3 Å². The van der Waals surface area contributed by atoms with Gasteiger partial charge in [0.2, 0.25) is 5.91 Å². The van der Waals surface area contributed by atoms with Crippen molar-refractivity contribution in [3.05, 3.63) is 41.4 Å². The minimum absolute atomic E-state index is 0.0607. The molecule has 8 nitrogen and oxygen atoms in total. The number of hydrogen-bond acceptors (Lipinski definition) is 6. The van der Waals surface area contributed by atoms with Gasteiger partial charge in [-0.2, -0.15) is 0 Å². The summed E-state index contributed by atoms with van der Waals surface area (Å²) in [6.07, 6.45) is 1.45. The largest absolute Gasteiger partial charge is 0.495 e. The van der Waals surface area contributed by atoms with Gasteiger partial charge in [-0.3, -0.25) is 9.10 Å². The molecule has 2 aromatic rings. The van der Waals surface area contributed by atoms with Gasteiger partial charge in [-0.25, -0.2) is 8.42 Å². The molecule has 0 aliphatic heterocycles. The molecule has 1 amide bonds. The first-order valence-corrected chi connectivity index (χ1v) is 11.9. The molecule has 176 valence electrons. The fourth-order valence-corrected chi connectivity index (χ4v) is 4.76. The van der Waals surface area contributed by atoms with Crippen LogP contribution in [0.1, 0.15) is 26.7 Å². The van der Waals surface area contributed by atoms with Crippen molar-refractivity contribution in [2.24, 2.45) is 0 Å². The van der Waals surface area contributed by atoms with Gasteiger partial charge < -0.3 is 19.5 Å². The first-order chi connectivity index (χ1) is 15.2. The molecule has 0 aliphatic carbocycles. The number of benzene rings is 2. The van der Waals surface area contributed by atoms with E-state index in [0.29, 0.717) is 10.8 Å². The van der Waals surface area contributed by atoms with E-state index >= 15 is 0 Å². The van der Waals surface area contributed by atoms with E-state index in [0.717, 1.165) is 17.1 Å². The molecular formula is C22H29ClN2O6S. The molecule has 0 aliphatic rings. The average Bonchev–Trinajstić information content (AvgIpc) is 2.80. The summed E-state index contributed by atoms with van der Waals surface area (Å²) >= 11 is 6.15. The predicted octanol–water partition coefficient (Wildman–Crippen LogP) is 3.87. The molecule has 2 rings (SSSR count). The minimum Gasteiger partial charge on any atom is -0.495 e. The lowest BCUT2D eigenvalue weighted by atomic mass is 10.2. The number of halogens is 1. The van der Waals surface area contributed by atoms with E-state index in [-0.39, 0.29) is 28.1 Å². The Balaban J connectivity index is 2.60. The Morgan fingerprint density at radius 3 is 2.12 bits per heavy atom. The van der Waals surface area contributed by atoms with Crippen LogP contribution in [0, 0.1) is 0 Å². The zero-order valence-electron chi connectivity index (χ0n) is 18.8. The zero-order chi connectivity index (χ0) is 23.9. The number of ether oxygens (including phenoxy) is 3. The lowest BCUT2D eigenvalue weighted by molar-refractivity contribution is -0.120. The highest BCUT2D eigenvalue weighted by Crippen LogP contribution is 2.36. The Kier molecular flexibility index (Phi) is 9.03. The Morgan fingerprint density at radius 1 is 0.969 bits per heavy atom. The Morgan fingerprint density at radius 2 is 1.56 bits per heavy atom. The molecule has 32 heavy (non-hydrogen) atoms. The zero-order valence-corrected chi connectivity index (χ0v) is 20.4. The highest BCUT2D eigenvalue weighted by molar-refractivity contribution is 7.92. The van der Waals surface area contributed by atoms with E-state index in [9.17, 15) is 13.2 Å². The summed E-state index contributed by atoms with van der Waals surface area (Å²) in [6.45, 7) is 3.45. The molecule has 0 radical (unpaired) electrons. The molecule has 0 saturated carbocycles. The highest BCUT2D eigenvalue weighted by Gasteiger charge is 2.31. The summed E-state index contributed by atoms with van der Waals surface area (Å²) in [5.74, 6) is 0.441. The summed E-state index contributed by atoms with van der Waals surface area (Å²) in [5, 5.41) is 3.17. The fourth-order valence-electron chi connectivity index (χ4n) is 3.16. The minimum atomic E-state index is -4.21. The van der Waals surface area contributed by atoms with Crippen LogP contribution in [0.2, 0.25) is 5.02 Å². The quantitative estimate of drug-likeness (QED) is 0.520. The second-order valence-electron chi connectivity index (χ2n) is 6.93. The molecule has 2 aromatic carbocycles. The predicted molar refractivity (Wildman–Crippen MR) is 125 cm³/mol. The Bertz CT molecular complexity index is 1040. The van der Waals surface area contributed by atoms with Gasteiger partial charge in [-0.1, -0.05) is 25.4 Å². The van der Waals surface area contributed by atoms with Crippen LogP contribution in [0.25, 0.3) is 0 Å². The number of carbonyl (C=O) groups is 1. The summed E-state index contributed by atoms with van der Waals surface area (Å²) in [6, 6.07) is 8.74. The van der Waals surface area contributed by atoms with Crippen molar-refractivity contribution in [2.75, 3.05) is 32.2 Å². The standard InChI is InChI=1S/C22H29ClN2O6S/c1-6-16(7-2)24-22(26)14-25(18-12-15(23)8-10-19(18)29-3)32(27,28)17-9-11-20(30-4)21(13-17)31-5/h8-13,16H,6-7,14H2,1-5H3,(H,24,26). The second-order valence-corrected chi connectivity index (χ2v) is 9.22. The summed E-state index contributed by atoms with van der Waals surface area (Å²) in [7, 11) is 0.0754. The number of anilines is 1. The molecule has 0 fully saturated rings. The van der Waals surface area contributed by atoms with E-state index < -0.39 is 22.5 Å². The molecule has 0 aromatic heterocycles. The molecule has 0 bridgehead atoms. The van der Waals surface area contributed by atoms with E-state index in [1.165, 1.54) is 45.6 Å². The van der Waals surface area contributed by atoms with Crippen molar-refractivity contribution in [1.29, 1.82) is 0 Å². The van der Waals surface area contributed by atoms with E-state index in [1.54, 1.807) is 12.1 Å². The number of carbonyl (C=O) groups excluding carboxylic acids is 1. The normalized spacial score (nSPS) is 11.2. The third-order valence-electron chi connectivity index (χ3n) is 4.99. The molecule has 0 heterocycles. The van der Waals surface area contributed by atoms with Crippen LogP contribution < -0.4 is 23.8 Å². The molecule has 10 heteroatoms. The van der Waals surface area contributed by atoms with Crippen LogP contribution in [-0.2, 0) is 14.8 Å². The van der Waals surface area contributed by atoms with Crippen molar-refractivity contribution >= 4 is 33.2 Å². The van der Waals surface area contributed by atoms with E-state index in [4.69, 9.17) is 25.8 Å². The van der Waals surface area contributed by atoms with Gasteiger partial charge in [0.05, 0.1) is 31.9 Å². The lowest BCUT2D eigenvalue weighted by Crippen LogP contribution is -2.44. The molecular weight excluding hydrogens is 456 g/mol. The topological polar surface area (TPSA) is 94.2 Å². The van der Waals surface area contributed by atoms with Gasteiger partial charge in [0, 0.05) is 17.1 Å². The number of amides is 1. The van der Waals surface area contributed by atoms with Crippen molar-refractivity contribution < 1.29 is 27.4 Å². The summed E-state index contributed by atoms with van der Waals surface area (Å²) in [4.78, 5) is 12.7. The third-order valence-corrected chi connectivity index (χ3v) is 6.98.